The van der Waals surface area contributed by atoms with Crippen molar-refractivity contribution in [3.63, 3.8) is 0 Å². The number of carboxylic acid groups (broad SMARTS) is 1. The van der Waals surface area contributed by atoms with Crippen molar-refractivity contribution in [3.8, 4) is 28.1 Å². The van der Waals surface area contributed by atoms with Gasteiger partial charge in [0.05, 0.1) is 22.9 Å². The molecule has 0 saturated carbocycles. The first-order valence-corrected chi connectivity index (χ1v) is 10.9. The summed E-state index contributed by atoms with van der Waals surface area (Å²) in [7, 11) is 0. The maximum Gasteiger partial charge on any atom is 1.00 e. The Morgan fingerprint density at radius 1 is 0.886 bits per heavy atom. The van der Waals surface area contributed by atoms with Crippen molar-refractivity contribution in [3.05, 3.63) is 106 Å². The molecule has 0 radical (unpaired) electrons. The van der Waals surface area contributed by atoms with Gasteiger partial charge in [0.1, 0.15) is 12.4 Å². The molecule has 35 heavy (non-hydrogen) atoms. The minimum Gasteiger partial charge on any atom is -0.543 e. The van der Waals surface area contributed by atoms with Gasteiger partial charge in [0, 0.05) is 15.6 Å². The van der Waals surface area contributed by atoms with Crippen LogP contribution in [0.1, 0.15) is 21.6 Å². The fraction of sp³-hybridized carbons (Fsp3) is 0.0769. The first-order valence-electron chi connectivity index (χ1n) is 10.1. The predicted molar refractivity (Wildman–Crippen MR) is 123 cm³/mol. The molecule has 0 amide bonds. The van der Waals surface area contributed by atoms with E-state index in [-0.39, 0.29) is 41.9 Å². The molecule has 9 heteroatoms. The van der Waals surface area contributed by atoms with Gasteiger partial charge in [0.2, 0.25) is 0 Å². The van der Waals surface area contributed by atoms with E-state index in [1.807, 2.05) is 30.3 Å². The zero-order chi connectivity index (χ0) is 24.3. The fourth-order valence-electron chi connectivity index (χ4n) is 3.43. The Bertz CT molecular complexity index is 1340. The number of benzene rings is 3. The zero-order valence-electron chi connectivity index (χ0n) is 18.5. The third-order valence-electron chi connectivity index (χ3n) is 5.07. The molecule has 0 spiro atoms. The predicted octanol–water partition coefficient (Wildman–Crippen LogP) is 3.14. The summed E-state index contributed by atoms with van der Waals surface area (Å²) in [5, 5.41) is 11.3. The van der Waals surface area contributed by atoms with E-state index in [0.29, 0.717) is 28.1 Å². The van der Waals surface area contributed by atoms with Crippen LogP contribution in [0.25, 0.3) is 22.4 Å². The van der Waals surface area contributed by atoms with Crippen molar-refractivity contribution in [2.45, 2.75) is 12.8 Å². The SMILES string of the molecule is O=C([O-])c1cccc(-c2ccccc2-c2cc(Br)ccc2OCc2ccc(C(F)(F)F)cc2)n1.[Na+]. The number of carboxylic acids is 1. The summed E-state index contributed by atoms with van der Waals surface area (Å²) in [6.45, 7) is 0.0629. The number of aromatic nitrogens is 1. The van der Waals surface area contributed by atoms with E-state index in [0.717, 1.165) is 22.2 Å². The molecule has 0 aliphatic carbocycles. The second-order valence-corrected chi connectivity index (χ2v) is 8.28. The minimum absolute atomic E-state index is 0. The summed E-state index contributed by atoms with van der Waals surface area (Å²) in [6.07, 6.45) is -4.40. The Labute approximate surface area is 230 Å². The van der Waals surface area contributed by atoms with Crippen LogP contribution in [-0.4, -0.2) is 11.0 Å². The topological polar surface area (TPSA) is 62.2 Å². The molecule has 4 aromatic rings. The third kappa shape index (κ3) is 6.52. The summed E-state index contributed by atoms with van der Waals surface area (Å²) >= 11 is 3.46. The van der Waals surface area contributed by atoms with Crippen molar-refractivity contribution in [1.29, 1.82) is 0 Å². The van der Waals surface area contributed by atoms with Crippen molar-refractivity contribution >= 4 is 21.9 Å². The van der Waals surface area contributed by atoms with Crippen LogP contribution in [-0.2, 0) is 12.8 Å². The van der Waals surface area contributed by atoms with Crippen LogP contribution < -0.4 is 39.4 Å². The quantitative estimate of drug-likeness (QED) is 0.347. The number of carbonyl (C=O) groups is 1. The van der Waals surface area contributed by atoms with Gasteiger partial charge in [-0.25, -0.2) is 4.98 Å². The smallest absolute Gasteiger partial charge is 0.543 e. The molecule has 4 rings (SSSR count). The van der Waals surface area contributed by atoms with Gasteiger partial charge in [-0.05, 0) is 53.6 Å². The normalized spacial score (nSPS) is 11.0. The van der Waals surface area contributed by atoms with Gasteiger partial charge in [-0.3, -0.25) is 0 Å². The molecule has 4 nitrogen and oxygen atoms in total. The average molecular weight is 550 g/mol. The van der Waals surface area contributed by atoms with Gasteiger partial charge in [-0.15, -0.1) is 0 Å². The number of alkyl halides is 3. The Hall–Kier alpha value is -2.65. The number of hydrogen-bond acceptors (Lipinski definition) is 4. The van der Waals surface area contributed by atoms with Gasteiger partial charge in [-0.2, -0.15) is 13.2 Å². The van der Waals surface area contributed by atoms with Gasteiger partial charge >= 0.3 is 35.7 Å². The molecule has 1 aromatic heterocycles. The van der Waals surface area contributed by atoms with Gasteiger partial charge in [0.25, 0.3) is 0 Å². The van der Waals surface area contributed by atoms with Crippen LogP contribution in [0.4, 0.5) is 13.2 Å². The number of rotatable bonds is 6. The summed E-state index contributed by atoms with van der Waals surface area (Å²) in [6, 6.07) is 22.2. The number of nitrogens with zero attached hydrogens (tertiary/aromatic N) is 1. The van der Waals surface area contributed by atoms with E-state index in [4.69, 9.17) is 4.74 Å². The number of carbonyl (C=O) groups excluding carboxylic acids is 1. The van der Waals surface area contributed by atoms with Gasteiger partial charge in [-0.1, -0.05) is 58.4 Å². The number of aromatic carboxylic acids is 1. The van der Waals surface area contributed by atoms with Crippen LogP contribution >= 0.6 is 15.9 Å². The van der Waals surface area contributed by atoms with E-state index in [2.05, 4.69) is 20.9 Å². The van der Waals surface area contributed by atoms with Crippen molar-refractivity contribution in [2.75, 3.05) is 0 Å². The van der Waals surface area contributed by atoms with Crippen molar-refractivity contribution in [1.82, 2.24) is 4.98 Å². The summed E-state index contributed by atoms with van der Waals surface area (Å²) in [5.41, 5.74) is 2.26. The second-order valence-electron chi connectivity index (χ2n) is 7.36. The summed E-state index contributed by atoms with van der Waals surface area (Å²) in [5.74, 6) is -0.867. The molecule has 172 valence electrons. The molecular formula is C26H16BrF3NNaO3. The first kappa shape index (κ1) is 26.9. The molecule has 1 heterocycles. The number of halogens is 4. The van der Waals surface area contributed by atoms with Crippen LogP contribution in [0.15, 0.2) is 89.4 Å². The largest absolute Gasteiger partial charge is 1.00 e. The monoisotopic (exact) mass is 549 g/mol. The molecule has 0 unspecified atom stereocenters. The van der Waals surface area contributed by atoms with Crippen LogP contribution in [0, 0.1) is 0 Å². The van der Waals surface area contributed by atoms with E-state index in [1.54, 1.807) is 24.3 Å². The van der Waals surface area contributed by atoms with E-state index in [1.165, 1.54) is 18.2 Å². The third-order valence-corrected chi connectivity index (χ3v) is 5.56. The van der Waals surface area contributed by atoms with Crippen molar-refractivity contribution in [2.24, 2.45) is 0 Å². The molecular weight excluding hydrogens is 534 g/mol. The maximum absolute atomic E-state index is 12.8. The molecule has 0 bridgehead atoms. The molecule has 3 aromatic carbocycles. The first-order chi connectivity index (χ1) is 16.2. The number of pyridine rings is 1. The standard InChI is InChI=1S/C26H17BrF3NO3.Na/c27-18-12-13-24(34-15-16-8-10-17(11-9-16)26(28,29)30)21(14-18)19-4-1-2-5-20(19)22-6-3-7-23(31-22)25(32)33;/h1-14H,15H2,(H,32,33);/q;+1/p-1. The van der Waals surface area contributed by atoms with Crippen LogP contribution in [0.5, 0.6) is 5.75 Å². The summed E-state index contributed by atoms with van der Waals surface area (Å²) < 4.78 is 45.2. The van der Waals surface area contributed by atoms with Crippen molar-refractivity contribution < 1.29 is 57.4 Å². The Morgan fingerprint density at radius 2 is 1.57 bits per heavy atom. The molecule has 0 fully saturated rings. The second kappa shape index (κ2) is 11.4. The molecule has 0 atom stereocenters. The number of hydrogen-bond donors (Lipinski definition) is 0. The molecule has 0 aliphatic heterocycles. The average Bonchev–Trinajstić information content (AvgIpc) is 2.83. The van der Waals surface area contributed by atoms with Gasteiger partial charge < -0.3 is 14.6 Å². The Morgan fingerprint density at radius 3 is 2.23 bits per heavy atom. The van der Waals surface area contributed by atoms with Gasteiger partial charge in [0.15, 0.2) is 0 Å². The van der Waals surface area contributed by atoms with E-state index >= 15 is 0 Å². The maximum atomic E-state index is 12.8. The Kier molecular flexibility index (Phi) is 8.77. The molecule has 0 saturated heterocycles. The van der Waals surface area contributed by atoms with Crippen LogP contribution in [0.3, 0.4) is 0 Å². The molecule has 0 aliphatic rings. The fourth-order valence-corrected chi connectivity index (χ4v) is 3.79. The minimum atomic E-state index is -4.40. The Balaban J connectivity index is 0.00000342. The van der Waals surface area contributed by atoms with E-state index < -0.39 is 17.7 Å². The molecule has 0 N–H and O–H groups in total. The van der Waals surface area contributed by atoms with Crippen LogP contribution in [0.2, 0.25) is 0 Å². The summed E-state index contributed by atoms with van der Waals surface area (Å²) in [4.78, 5) is 15.5. The number of ether oxygens (including phenoxy) is 1. The zero-order valence-corrected chi connectivity index (χ0v) is 22.1. The van der Waals surface area contributed by atoms with E-state index in [9.17, 15) is 23.1 Å².